The molecule has 8 heteroatoms. The number of hydrogen-bond acceptors (Lipinski definition) is 5. The summed E-state index contributed by atoms with van der Waals surface area (Å²) in [5.41, 5.74) is 1.09. The molecular formula is C19H14Cl2N2O4. The highest BCUT2D eigenvalue weighted by Crippen LogP contribution is 2.30. The third-order valence-corrected chi connectivity index (χ3v) is 4.34. The van der Waals surface area contributed by atoms with E-state index in [2.05, 4.69) is 5.32 Å². The van der Waals surface area contributed by atoms with Crippen LogP contribution in [-0.2, 0) is 14.3 Å². The Labute approximate surface area is 165 Å². The van der Waals surface area contributed by atoms with Crippen LogP contribution in [0.3, 0.4) is 0 Å². The zero-order valence-electron chi connectivity index (χ0n) is 14.2. The van der Waals surface area contributed by atoms with Gasteiger partial charge in [-0.15, -0.1) is 0 Å². The molecule has 0 spiro atoms. The van der Waals surface area contributed by atoms with Crippen molar-refractivity contribution in [2.75, 3.05) is 16.8 Å². The Balaban J connectivity index is 1.84. The number of halogens is 2. The van der Waals surface area contributed by atoms with Gasteiger partial charge in [0.2, 0.25) is 0 Å². The SMILES string of the molecule is CCOC(=O)c1ccc(N2C(=O)C(Cl)=C(Nc3cccc(Cl)c3)C2=O)cc1. The van der Waals surface area contributed by atoms with Gasteiger partial charge in [0.1, 0.15) is 10.7 Å². The molecule has 3 rings (SSSR count). The summed E-state index contributed by atoms with van der Waals surface area (Å²) >= 11 is 12.0. The summed E-state index contributed by atoms with van der Waals surface area (Å²) in [6.07, 6.45) is 0. The lowest BCUT2D eigenvalue weighted by atomic mass is 10.2. The maximum absolute atomic E-state index is 12.7. The number of carbonyl (C=O) groups excluding carboxylic acids is 3. The highest BCUT2D eigenvalue weighted by atomic mass is 35.5. The van der Waals surface area contributed by atoms with Crippen LogP contribution < -0.4 is 10.2 Å². The minimum atomic E-state index is -0.657. The van der Waals surface area contributed by atoms with E-state index in [0.717, 1.165) is 4.90 Å². The highest BCUT2D eigenvalue weighted by molar-refractivity contribution is 6.53. The maximum Gasteiger partial charge on any atom is 0.338 e. The number of hydrogen-bond donors (Lipinski definition) is 1. The van der Waals surface area contributed by atoms with Crippen LogP contribution in [0, 0.1) is 0 Å². The van der Waals surface area contributed by atoms with Crippen LogP contribution in [0.5, 0.6) is 0 Å². The number of carbonyl (C=O) groups is 3. The first kappa shape index (κ1) is 18.9. The molecule has 0 aliphatic carbocycles. The zero-order valence-corrected chi connectivity index (χ0v) is 15.7. The van der Waals surface area contributed by atoms with Crippen LogP contribution >= 0.6 is 23.2 Å². The predicted molar refractivity (Wildman–Crippen MR) is 103 cm³/mol. The first-order valence-corrected chi connectivity index (χ1v) is 8.76. The van der Waals surface area contributed by atoms with E-state index in [4.69, 9.17) is 27.9 Å². The van der Waals surface area contributed by atoms with Gasteiger partial charge in [0.25, 0.3) is 11.8 Å². The molecule has 1 aliphatic rings. The number of amides is 2. The number of nitrogens with zero attached hydrogens (tertiary/aromatic N) is 1. The molecule has 138 valence electrons. The molecule has 27 heavy (non-hydrogen) atoms. The number of benzene rings is 2. The zero-order chi connectivity index (χ0) is 19.6. The van der Waals surface area contributed by atoms with Crippen LogP contribution in [-0.4, -0.2) is 24.4 Å². The quantitative estimate of drug-likeness (QED) is 0.602. The summed E-state index contributed by atoms with van der Waals surface area (Å²) in [6.45, 7) is 1.96. The Morgan fingerprint density at radius 3 is 2.41 bits per heavy atom. The number of rotatable bonds is 5. The molecule has 6 nitrogen and oxygen atoms in total. The summed E-state index contributed by atoms with van der Waals surface area (Å²) in [4.78, 5) is 37.8. The number of imide groups is 1. The van der Waals surface area contributed by atoms with Gasteiger partial charge < -0.3 is 10.1 Å². The van der Waals surface area contributed by atoms with Gasteiger partial charge in [-0.1, -0.05) is 29.3 Å². The molecule has 2 aromatic carbocycles. The van der Waals surface area contributed by atoms with Gasteiger partial charge in [-0.25, -0.2) is 9.69 Å². The molecule has 0 aromatic heterocycles. The lowest BCUT2D eigenvalue weighted by Gasteiger charge is -2.15. The molecule has 0 saturated heterocycles. The van der Waals surface area contributed by atoms with Gasteiger partial charge in [0.15, 0.2) is 0 Å². The number of anilines is 2. The number of nitrogens with one attached hydrogen (secondary N) is 1. The first-order valence-electron chi connectivity index (χ1n) is 8.00. The van der Waals surface area contributed by atoms with Crippen molar-refractivity contribution in [3.05, 3.63) is 69.8 Å². The minimum absolute atomic E-state index is 0.0431. The Kier molecular flexibility index (Phi) is 5.48. The second kappa shape index (κ2) is 7.82. The molecule has 0 fully saturated rings. The predicted octanol–water partition coefficient (Wildman–Crippen LogP) is 3.95. The third-order valence-electron chi connectivity index (χ3n) is 3.76. The van der Waals surface area contributed by atoms with E-state index >= 15 is 0 Å². The van der Waals surface area contributed by atoms with Gasteiger partial charge in [0.05, 0.1) is 17.9 Å². The molecule has 2 aromatic rings. The van der Waals surface area contributed by atoms with Crippen molar-refractivity contribution in [3.63, 3.8) is 0 Å². The van der Waals surface area contributed by atoms with Crippen LogP contribution in [0.2, 0.25) is 5.02 Å². The average molecular weight is 405 g/mol. The first-order chi connectivity index (χ1) is 12.9. The second-order valence-electron chi connectivity index (χ2n) is 5.54. The van der Waals surface area contributed by atoms with E-state index in [1.54, 1.807) is 31.2 Å². The lowest BCUT2D eigenvalue weighted by Crippen LogP contribution is -2.32. The molecule has 0 radical (unpaired) electrons. The van der Waals surface area contributed by atoms with Crippen LogP contribution in [0.4, 0.5) is 11.4 Å². The van der Waals surface area contributed by atoms with E-state index in [1.165, 1.54) is 24.3 Å². The average Bonchev–Trinajstić information content (AvgIpc) is 2.86. The van der Waals surface area contributed by atoms with Crippen molar-refractivity contribution < 1.29 is 19.1 Å². The molecule has 1 heterocycles. The molecule has 0 saturated carbocycles. The fourth-order valence-corrected chi connectivity index (χ4v) is 2.92. The largest absolute Gasteiger partial charge is 0.462 e. The molecule has 2 amide bonds. The van der Waals surface area contributed by atoms with E-state index in [9.17, 15) is 14.4 Å². The summed E-state index contributed by atoms with van der Waals surface area (Å²) in [5.74, 6) is -1.74. The molecule has 0 bridgehead atoms. The minimum Gasteiger partial charge on any atom is -0.462 e. The van der Waals surface area contributed by atoms with E-state index in [1.807, 2.05) is 0 Å². The van der Waals surface area contributed by atoms with Crippen molar-refractivity contribution in [1.29, 1.82) is 0 Å². The topological polar surface area (TPSA) is 75.7 Å². The van der Waals surface area contributed by atoms with Crippen molar-refractivity contribution in [2.45, 2.75) is 6.92 Å². The Morgan fingerprint density at radius 2 is 1.78 bits per heavy atom. The Bertz CT molecular complexity index is 954. The fourth-order valence-electron chi connectivity index (χ4n) is 2.52. The number of esters is 1. The van der Waals surface area contributed by atoms with Crippen LogP contribution in [0.1, 0.15) is 17.3 Å². The van der Waals surface area contributed by atoms with Crippen molar-refractivity contribution >= 4 is 52.4 Å². The monoisotopic (exact) mass is 404 g/mol. The maximum atomic E-state index is 12.7. The van der Waals surface area contributed by atoms with E-state index < -0.39 is 17.8 Å². The molecular weight excluding hydrogens is 391 g/mol. The lowest BCUT2D eigenvalue weighted by molar-refractivity contribution is -0.120. The fraction of sp³-hybridized carbons (Fsp3) is 0.105. The highest BCUT2D eigenvalue weighted by Gasteiger charge is 2.39. The summed E-state index contributed by atoms with van der Waals surface area (Å²) in [5, 5.41) is 3.08. The molecule has 1 aliphatic heterocycles. The van der Waals surface area contributed by atoms with Gasteiger partial charge in [-0.2, -0.15) is 0 Å². The normalized spacial score (nSPS) is 14.0. The molecule has 0 unspecified atom stereocenters. The summed E-state index contributed by atoms with van der Waals surface area (Å²) < 4.78 is 4.91. The van der Waals surface area contributed by atoms with Crippen molar-refractivity contribution in [3.8, 4) is 0 Å². The van der Waals surface area contributed by atoms with Crippen LogP contribution in [0.15, 0.2) is 59.3 Å². The van der Waals surface area contributed by atoms with Crippen LogP contribution in [0.25, 0.3) is 0 Å². The standard InChI is InChI=1S/C19H14Cl2N2O4/c1-2-27-19(26)11-6-8-14(9-7-11)23-17(24)15(21)16(18(23)25)22-13-5-3-4-12(20)10-13/h3-10,22H,2H2,1H3. The van der Waals surface area contributed by atoms with Crippen molar-refractivity contribution in [2.24, 2.45) is 0 Å². The van der Waals surface area contributed by atoms with E-state index in [0.29, 0.717) is 22.0 Å². The Morgan fingerprint density at radius 1 is 1.07 bits per heavy atom. The summed E-state index contributed by atoms with van der Waals surface area (Å²) in [6, 6.07) is 12.6. The second-order valence-corrected chi connectivity index (χ2v) is 6.35. The van der Waals surface area contributed by atoms with Gasteiger partial charge >= 0.3 is 5.97 Å². The van der Waals surface area contributed by atoms with Gasteiger partial charge in [0, 0.05) is 10.7 Å². The van der Waals surface area contributed by atoms with Crippen molar-refractivity contribution in [1.82, 2.24) is 0 Å². The molecule has 1 N–H and O–H groups in total. The third kappa shape index (κ3) is 3.82. The van der Waals surface area contributed by atoms with Gasteiger partial charge in [-0.3, -0.25) is 9.59 Å². The van der Waals surface area contributed by atoms with Gasteiger partial charge in [-0.05, 0) is 49.4 Å². The number of ether oxygens (including phenoxy) is 1. The molecule has 0 atom stereocenters. The summed E-state index contributed by atoms with van der Waals surface area (Å²) in [7, 11) is 0. The Hall–Kier alpha value is -2.83. The van der Waals surface area contributed by atoms with E-state index in [-0.39, 0.29) is 17.3 Å². The smallest absolute Gasteiger partial charge is 0.338 e.